The van der Waals surface area contributed by atoms with Crippen LogP contribution in [-0.2, 0) is 10.0 Å². The Morgan fingerprint density at radius 1 is 1.40 bits per heavy atom. The predicted octanol–water partition coefficient (Wildman–Crippen LogP) is 0.938. The van der Waals surface area contributed by atoms with Gasteiger partial charge in [0.05, 0.1) is 24.2 Å². The van der Waals surface area contributed by atoms with Gasteiger partial charge in [-0.3, -0.25) is 4.79 Å². The van der Waals surface area contributed by atoms with Crippen LogP contribution in [0.25, 0.3) is 0 Å². The Kier molecular flexibility index (Phi) is 6.15. The van der Waals surface area contributed by atoms with Gasteiger partial charge in [0, 0.05) is 13.1 Å². The van der Waals surface area contributed by atoms with Crippen LogP contribution in [0.3, 0.4) is 0 Å². The van der Waals surface area contributed by atoms with E-state index < -0.39 is 10.0 Å². The summed E-state index contributed by atoms with van der Waals surface area (Å²) < 4.78 is 26.0. The smallest absolute Gasteiger partial charge is 0.283 e. The van der Waals surface area contributed by atoms with E-state index in [0.717, 1.165) is 6.26 Å². The highest BCUT2D eigenvalue weighted by molar-refractivity contribution is 9.10. The quantitative estimate of drug-likeness (QED) is 0.700. The van der Waals surface area contributed by atoms with E-state index in [1.54, 1.807) is 6.20 Å². The third-order valence-electron chi connectivity index (χ3n) is 2.47. The number of nitrogens with zero attached hydrogens (tertiary/aromatic N) is 2. The maximum atomic E-state index is 12.0. The lowest BCUT2D eigenvalue weighted by Crippen LogP contribution is -2.27. The molecule has 0 bridgehead atoms. The van der Waals surface area contributed by atoms with Gasteiger partial charge in [0.25, 0.3) is 5.56 Å². The van der Waals surface area contributed by atoms with Crippen LogP contribution < -0.4 is 15.6 Å². The fraction of sp³-hybridized carbons (Fsp3) is 0.636. The number of nitrogens with one attached hydrogen (secondary N) is 2. The third-order valence-corrected chi connectivity index (χ3v) is 3.96. The molecule has 20 heavy (non-hydrogen) atoms. The van der Waals surface area contributed by atoms with Crippen molar-refractivity contribution in [2.24, 2.45) is 0 Å². The summed E-state index contributed by atoms with van der Waals surface area (Å²) in [6.45, 7) is 4.64. The summed E-state index contributed by atoms with van der Waals surface area (Å²) in [4.78, 5) is 12.0. The van der Waals surface area contributed by atoms with Crippen LogP contribution >= 0.6 is 15.9 Å². The predicted molar refractivity (Wildman–Crippen MR) is 82.5 cm³/mol. The van der Waals surface area contributed by atoms with Gasteiger partial charge in [0.1, 0.15) is 4.47 Å². The number of sulfonamides is 1. The highest BCUT2D eigenvalue weighted by Crippen LogP contribution is 2.16. The average molecular weight is 367 g/mol. The summed E-state index contributed by atoms with van der Waals surface area (Å²) in [5.74, 6) is 0. The molecule has 7 nitrogen and oxygen atoms in total. The molecular formula is C11H19BrN4O3S. The topological polar surface area (TPSA) is 93.1 Å². The largest absolute Gasteiger partial charge is 0.383 e. The second kappa shape index (κ2) is 7.19. The van der Waals surface area contributed by atoms with E-state index >= 15 is 0 Å². The molecule has 0 saturated heterocycles. The summed E-state index contributed by atoms with van der Waals surface area (Å²) in [5.41, 5.74) is 0.408. The van der Waals surface area contributed by atoms with Crippen molar-refractivity contribution >= 4 is 31.6 Å². The molecule has 1 aromatic heterocycles. The molecule has 0 saturated carbocycles. The molecule has 9 heteroatoms. The molecule has 1 aromatic rings. The van der Waals surface area contributed by atoms with Crippen molar-refractivity contribution in [3.8, 4) is 0 Å². The van der Waals surface area contributed by atoms with E-state index in [9.17, 15) is 13.2 Å². The molecule has 2 N–H and O–H groups in total. The lowest BCUT2D eigenvalue weighted by molar-refractivity contribution is 0.501. The number of hydrogen-bond donors (Lipinski definition) is 2. The van der Waals surface area contributed by atoms with Gasteiger partial charge in [-0.25, -0.2) is 17.8 Å². The van der Waals surface area contributed by atoms with Crippen molar-refractivity contribution in [1.29, 1.82) is 0 Å². The number of anilines is 1. The molecule has 0 unspecified atom stereocenters. The van der Waals surface area contributed by atoms with Gasteiger partial charge in [0.15, 0.2) is 0 Å². The maximum absolute atomic E-state index is 12.0. The molecule has 0 aliphatic carbocycles. The van der Waals surface area contributed by atoms with E-state index in [2.05, 4.69) is 31.1 Å². The van der Waals surface area contributed by atoms with Crippen molar-refractivity contribution in [3.63, 3.8) is 0 Å². The fourth-order valence-electron chi connectivity index (χ4n) is 1.50. The molecule has 0 spiro atoms. The number of halogens is 1. The summed E-state index contributed by atoms with van der Waals surface area (Å²) >= 11 is 3.25. The molecule has 1 heterocycles. The Bertz CT molecular complexity index is 613. The maximum Gasteiger partial charge on any atom is 0.283 e. The SMILES string of the molecule is CC(C)n1ncc(NCCCNS(C)(=O)=O)c(Br)c1=O. The molecule has 0 atom stereocenters. The van der Waals surface area contributed by atoms with Gasteiger partial charge in [-0.15, -0.1) is 0 Å². The van der Waals surface area contributed by atoms with E-state index in [0.29, 0.717) is 29.7 Å². The van der Waals surface area contributed by atoms with Gasteiger partial charge in [-0.1, -0.05) is 0 Å². The van der Waals surface area contributed by atoms with E-state index in [4.69, 9.17) is 0 Å². The second-order valence-corrected chi connectivity index (χ2v) is 7.29. The van der Waals surface area contributed by atoms with E-state index in [1.165, 1.54) is 4.68 Å². The summed E-state index contributed by atoms with van der Waals surface area (Å²) in [6, 6.07) is -0.00758. The Balaban J connectivity index is 2.58. The van der Waals surface area contributed by atoms with Gasteiger partial charge in [-0.05, 0) is 36.2 Å². The lowest BCUT2D eigenvalue weighted by atomic mass is 10.3. The molecule has 0 aliphatic heterocycles. The van der Waals surface area contributed by atoms with Crippen LogP contribution in [-0.4, -0.2) is 37.5 Å². The molecule has 0 aliphatic rings. The lowest BCUT2D eigenvalue weighted by Gasteiger charge is -2.12. The molecule has 0 radical (unpaired) electrons. The van der Waals surface area contributed by atoms with Crippen LogP contribution in [0.1, 0.15) is 26.3 Å². The van der Waals surface area contributed by atoms with Gasteiger partial charge in [-0.2, -0.15) is 5.10 Å². The molecule has 114 valence electrons. The van der Waals surface area contributed by atoms with Crippen LogP contribution in [0, 0.1) is 0 Å². The number of rotatable bonds is 7. The molecule has 0 fully saturated rings. The molecule has 0 aromatic carbocycles. The van der Waals surface area contributed by atoms with Crippen molar-refractivity contribution in [2.45, 2.75) is 26.3 Å². The average Bonchev–Trinajstić information content (AvgIpc) is 2.32. The molecular weight excluding hydrogens is 348 g/mol. The normalized spacial score (nSPS) is 11.8. The van der Waals surface area contributed by atoms with Crippen molar-refractivity contribution < 1.29 is 8.42 Å². The first-order valence-corrected chi connectivity index (χ1v) is 8.86. The Morgan fingerprint density at radius 3 is 2.60 bits per heavy atom. The van der Waals surface area contributed by atoms with E-state index in [1.807, 2.05) is 13.8 Å². The minimum atomic E-state index is -3.15. The van der Waals surface area contributed by atoms with Crippen molar-refractivity contribution in [3.05, 3.63) is 21.0 Å². The standard InChI is InChI=1S/C11H19BrN4O3S/c1-8(2)16-11(17)10(12)9(7-14-16)13-5-4-6-15-20(3,18)19/h7-8,13,15H,4-6H2,1-3H3. The summed E-state index contributed by atoms with van der Waals surface area (Å²) in [7, 11) is -3.15. The highest BCUT2D eigenvalue weighted by atomic mass is 79.9. The Hall–Kier alpha value is -0.930. The summed E-state index contributed by atoms with van der Waals surface area (Å²) in [6.07, 6.45) is 3.30. The van der Waals surface area contributed by atoms with Crippen LogP contribution in [0.5, 0.6) is 0 Å². The monoisotopic (exact) mass is 366 g/mol. The van der Waals surface area contributed by atoms with Gasteiger partial charge >= 0.3 is 0 Å². The molecule has 1 rings (SSSR count). The first-order chi connectivity index (χ1) is 9.22. The second-order valence-electron chi connectivity index (χ2n) is 4.66. The summed E-state index contributed by atoms with van der Waals surface area (Å²) in [5, 5.41) is 7.13. The first-order valence-electron chi connectivity index (χ1n) is 6.18. The highest BCUT2D eigenvalue weighted by Gasteiger charge is 2.10. The van der Waals surface area contributed by atoms with Crippen LogP contribution in [0.2, 0.25) is 0 Å². The Morgan fingerprint density at radius 2 is 2.05 bits per heavy atom. The minimum Gasteiger partial charge on any atom is -0.383 e. The fourth-order valence-corrected chi connectivity index (χ4v) is 2.44. The number of hydrogen-bond acceptors (Lipinski definition) is 5. The van der Waals surface area contributed by atoms with E-state index in [-0.39, 0.29) is 11.6 Å². The molecule has 0 amide bonds. The number of aromatic nitrogens is 2. The minimum absolute atomic E-state index is 0.00758. The zero-order valence-electron chi connectivity index (χ0n) is 11.7. The van der Waals surface area contributed by atoms with Crippen molar-refractivity contribution in [2.75, 3.05) is 24.7 Å². The Labute approximate surface area is 126 Å². The van der Waals surface area contributed by atoms with Crippen molar-refractivity contribution in [1.82, 2.24) is 14.5 Å². The zero-order valence-corrected chi connectivity index (χ0v) is 14.1. The third kappa shape index (κ3) is 5.22. The first kappa shape index (κ1) is 17.1. The zero-order chi connectivity index (χ0) is 15.3. The van der Waals surface area contributed by atoms with Crippen LogP contribution in [0.4, 0.5) is 5.69 Å². The van der Waals surface area contributed by atoms with Gasteiger partial charge < -0.3 is 5.32 Å². The van der Waals surface area contributed by atoms with Gasteiger partial charge in [0.2, 0.25) is 10.0 Å². The van der Waals surface area contributed by atoms with Crippen LogP contribution in [0.15, 0.2) is 15.5 Å².